The molecule has 1 nitrogen and oxygen atoms in total. The van der Waals surface area contributed by atoms with Gasteiger partial charge in [-0.2, -0.15) is 13.2 Å². The van der Waals surface area contributed by atoms with Crippen LogP contribution in [0.5, 0.6) is 0 Å². The Hall–Kier alpha value is -0.250. The lowest BCUT2D eigenvalue weighted by Crippen LogP contribution is -2.23. The van der Waals surface area contributed by atoms with Gasteiger partial charge in [-0.1, -0.05) is 13.8 Å². The molecule has 1 N–H and O–H groups in total. The summed E-state index contributed by atoms with van der Waals surface area (Å²) < 4.78 is 34.5. The van der Waals surface area contributed by atoms with E-state index in [1.54, 1.807) is 13.8 Å². The third kappa shape index (κ3) is 4.61. The molecule has 4 heteroatoms. The molecule has 0 unspecified atom stereocenters. The smallest absolute Gasteiger partial charge is 0.391 e. The highest BCUT2D eigenvalue weighted by molar-refractivity contribution is 4.64. The van der Waals surface area contributed by atoms with Crippen LogP contribution in [0.3, 0.4) is 0 Å². The van der Waals surface area contributed by atoms with Crippen molar-refractivity contribution >= 4 is 0 Å². The quantitative estimate of drug-likeness (QED) is 0.647. The molecule has 1 atom stereocenters. The van der Waals surface area contributed by atoms with Gasteiger partial charge in [0.25, 0.3) is 0 Å². The first-order valence-electron chi connectivity index (χ1n) is 3.07. The molecule has 0 fully saturated rings. The van der Waals surface area contributed by atoms with E-state index in [-0.39, 0.29) is 5.92 Å². The van der Waals surface area contributed by atoms with E-state index >= 15 is 0 Å². The Labute approximate surface area is 57.9 Å². The zero-order chi connectivity index (χ0) is 8.36. The summed E-state index contributed by atoms with van der Waals surface area (Å²) in [7, 11) is 0. The van der Waals surface area contributed by atoms with E-state index in [1.165, 1.54) is 0 Å². The molecule has 10 heavy (non-hydrogen) atoms. The summed E-state index contributed by atoms with van der Waals surface area (Å²) in [5, 5.41) is 8.74. The predicted molar refractivity (Wildman–Crippen MR) is 31.5 cm³/mol. The summed E-state index contributed by atoms with van der Waals surface area (Å²) >= 11 is 0. The van der Waals surface area contributed by atoms with Gasteiger partial charge in [-0.25, -0.2) is 0 Å². The summed E-state index contributed by atoms with van der Waals surface area (Å²) in [4.78, 5) is 0. The molecule has 0 heterocycles. The average molecular weight is 156 g/mol. The van der Waals surface area contributed by atoms with Crippen molar-refractivity contribution in [1.29, 1.82) is 0 Å². The van der Waals surface area contributed by atoms with Crippen LogP contribution in [0, 0.1) is 5.92 Å². The maximum Gasteiger partial charge on any atom is 0.391 e. The molecule has 0 radical (unpaired) electrons. The molecule has 0 aliphatic carbocycles. The molecule has 0 saturated heterocycles. The van der Waals surface area contributed by atoms with E-state index < -0.39 is 18.7 Å². The molecular weight excluding hydrogens is 145 g/mol. The van der Waals surface area contributed by atoms with Crippen LogP contribution in [0.1, 0.15) is 20.3 Å². The van der Waals surface area contributed by atoms with Crippen LogP contribution in [0.15, 0.2) is 0 Å². The summed E-state index contributed by atoms with van der Waals surface area (Å²) in [6.07, 6.45) is -6.62. The standard InChI is InChI=1S/C6H11F3O/c1-4(2)5(10)3-6(7,8)9/h4-5,10H,3H2,1-2H3/t5-/m1/s1. The van der Waals surface area contributed by atoms with Gasteiger partial charge in [0.2, 0.25) is 0 Å². The molecule has 0 rings (SSSR count). The average Bonchev–Trinajstić information content (AvgIpc) is 1.60. The lowest BCUT2D eigenvalue weighted by Gasteiger charge is -2.15. The number of alkyl halides is 3. The molecule has 0 aromatic carbocycles. The summed E-state index contributed by atoms with van der Waals surface area (Å²) in [6, 6.07) is 0. The molecule has 0 spiro atoms. The van der Waals surface area contributed by atoms with Gasteiger partial charge < -0.3 is 5.11 Å². The summed E-state index contributed by atoms with van der Waals surface area (Å²) in [6.45, 7) is 3.10. The van der Waals surface area contributed by atoms with Crippen LogP contribution in [0.2, 0.25) is 0 Å². The fourth-order valence-electron chi connectivity index (χ4n) is 0.473. The van der Waals surface area contributed by atoms with Crippen molar-refractivity contribution in [2.75, 3.05) is 0 Å². The van der Waals surface area contributed by atoms with Crippen molar-refractivity contribution < 1.29 is 18.3 Å². The van der Waals surface area contributed by atoms with E-state index in [1.807, 2.05) is 0 Å². The zero-order valence-corrected chi connectivity index (χ0v) is 5.94. The van der Waals surface area contributed by atoms with Crippen molar-refractivity contribution in [2.45, 2.75) is 32.5 Å². The number of rotatable bonds is 2. The highest BCUT2D eigenvalue weighted by Crippen LogP contribution is 2.24. The van der Waals surface area contributed by atoms with Crippen molar-refractivity contribution in [3.63, 3.8) is 0 Å². The first-order chi connectivity index (χ1) is 4.33. The van der Waals surface area contributed by atoms with Crippen molar-refractivity contribution in [3.8, 4) is 0 Å². The highest BCUT2D eigenvalue weighted by Gasteiger charge is 2.31. The fourth-order valence-corrected chi connectivity index (χ4v) is 0.473. The van der Waals surface area contributed by atoms with Crippen LogP contribution < -0.4 is 0 Å². The van der Waals surface area contributed by atoms with Gasteiger partial charge in [0.05, 0.1) is 12.5 Å². The van der Waals surface area contributed by atoms with E-state index in [4.69, 9.17) is 5.11 Å². The van der Waals surface area contributed by atoms with Crippen LogP contribution in [-0.4, -0.2) is 17.4 Å². The number of hydrogen-bond donors (Lipinski definition) is 1. The molecular formula is C6H11F3O. The van der Waals surface area contributed by atoms with Gasteiger partial charge in [0, 0.05) is 0 Å². The molecule has 0 saturated carbocycles. The Morgan fingerprint density at radius 1 is 1.30 bits per heavy atom. The Kier molecular flexibility index (Phi) is 3.15. The second kappa shape index (κ2) is 3.23. The number of halogens is 3. The molecule has 0 bridgehead atoms. The second-order valence-electron chi connectivity index (χ2n) is 2.63. The van der Waals surface area contributed by atoms with Gasteiger partial charge in [-0.15, -0.1) is 0 Å². The van der Waals surface area contributed by atoms with Gasteiger partial charge in [-0.05, 0) is 5.92 Å². The van der Waals surface area contributed by atoms with E-state index in [0.717, 1.165) is 0 Å². The fraction of sp³-hybridized carbons (Fsp3) is 1.00. The lowest BCUT2D eigenvalue weighted by molar-refractivity contribution is -0.157. The third-order valence-electron chi connectivity index (χ3n) is 1.21. The van der Waals surface area contributed by atoms with E-state index in [0.29, 0.717) is 0 Å². The van der Waals surface area contributed by atoms with Crippen molar-refractivity contribution in [2.24, 2.45) is 5.92 Å². The molecule has 0 aromatic rings. The van der Waals surface area contributed by atoms with Crippen LogP contribution in [0.4, 0.5) is 13.2 Å². The minimum Gasteiger partial charge on any atom is -0.393 e. The Balaban J connectivity index is 3.68. The molecule has 0 amide bonds. The Morgan fingerprint density at radius 2 is 1.70 bits per heavy atom. The number of hydrogen-bond acceptors (Lipinski definition) is 1. The zero-order valence-electron chi connectivity index (χ0n) is 5.94. The van der Waals surface area contributed by atoms with Crippen molar-refractivity contribution in [1.82, 2.24) is 0 Å². The molecule has 0 aliphatic rings. The lowest BCUT2D eigenvalue weighted by atomic mass is 10.0. The maximum absolute atomic E-state index is 11.5. The summed E-state index contributed by atoms with van der Waals surface area (Å²) in [5.74, 6) is -0.332. The third-order valence-corrected chi connectivity index (χ3v) is 1.21. The minimum atomic E-state index is -4.25. The highest BCUT2D eigenvalue weighted by atomic mass is 19.4. The number of aliphatic hydroxyl groups excluding tert-OH is 1. The van der Waals surface area contributed by atoms with E-state index in [9.17, 15) is 13.2 Å². The predicted octanol–water partition coefficient (Wildman–Crippen LogP) is 1.96. The van der Waals surface area contributed by atoms with Crippen LogP contribution in [-0.2, 0) is 0 Å². The molecule has 62 valence electrons. The van der Waals surface area contributed by atoms with Gasteiger partial charge in [0.1, 0.15) is 0 Å². The maximum atomic E-state index is 11.5. The second-order valence-corrected chi connectivity index (χ2v) is 2.63. The van der Waals surface area contributed by atoms with Crippen molar-refractivity contribution in [3.05, 3.63) is 0 Å². The molecule has 0 aromatic heterocycles. The van der Waals surface area contributed by atoms with Gasteiger partial charge in [0.15, 0.2) is 0 Å². The van der Waals surface area contributed by atoms with Crippen LogP contribution in [0.25, 0.3) is 0 Å². The van der Waals surface area contributed by atoms with Gasteiger partial charge in [-0.3, -0.25) is 0 Å². The first-order valence-corrected chi connectivity index (χ1v) is 3.07. The number of aliphatic hydroxyl groups is 1. The van der Waals surface area contributed by atoms with E-state index in [2.05, 4.69) is 0 Å². The normalized spacial score (nSPS) is 15.9. The Morgan fingerprint density at radius 3 is 1.80 bits per heavy atom. The Bertz CT molecular complexity index is 97.7. The topological polar surface area (TPSA) is 20.2 Å². The first kappa shape index (κ1) is 9.75. The SMILES string of the molecule is CC(C)[C@H](O)CC(F)(F)F. The molecule has 0 aliphatic heterocycles. The monoisotopic (exact) mass is 156 g/mol. The van der Waals surface area contributed by atoms with Gasteiger partial charge >= 0.3 is 6.18 Å². The largest absolute Gasteiger partial charge is 0.393 e. The minimum absolute atomic E-state index is 0.332. The van der Waals surface area contributed by atoms with Crippen LogP contribution >= 0.6 is 0 Å². The summed E-state index contributed by atoms with van der Waals surface area (Å²) in [5.41, 5.74) is 0.